The molecule has 1 atom stereocenters. The van der Waals surface area contributed by atoms with E-state index in [0.29, 0.717) is 11.1 Å². The van der Waals surface area contributed by atoms with Crippen molar-refractivity contribution in [3.8, 4) is 0 Å². The fourth-order valence-electron chi connectivity index (χ4n) is 1.41. The van der Waals surface area contributed by atoms with Crippen molar-refractivity contribution in [3.05, 3.63) is 10.6 Å². The van der Waals surface area contributed by atoms with Crippen molar-refractivity contribution >= 4 is 23.2 Å². The molecule has 1 heterocycles. The number of rotatable bonds is 2. The molecule has 0 radical (unpaired) electrons. The molecule has 0 aromatic carbocycles. The van der Waals surface area contributed by atoms with Gasteiger partial charge in [0, 0.05) is 36.3 Å². The highest BCUT2D eigenvalue weighted by molar-refractivity contribution is 6.36. The maximum atomic E-state index is 5.86. The molecule has 1 rings (SSSR count). The van der Waals surface area contributed by atoms with Crippen molar-refractivity contribution in [2.24, 2.45) is 0 Å². The Hall–Kier alpha value is 0.240. The molecule has 0 aromatic heterocycles. The molecule has 1 unspecified atom stereocenters. The number of nitrogens with zero attached hydrogens (tertiary/aromatic N) is 1. The van der Waals surface area contributed by atoms with Gasteiger partial charge in [0.1, 0.15) is 0 Å². The van der Waals surface area contributed by atoms with Crippen molar-refractivity contribution in [1.29, 1.82) is 0 Å². The zero-order chi connectivity index (χ0) is 9.68. The monoisotopic (exact) mass is 223 g/mol. The average Bonchev–Trinajstić information content (AvgIpc) is 2.32. The molecule has 4 heteroatoms. The Balaban J connectivity index is 2.45. The summed E-state index contributed by atoms with van der Waals surface area (Å²) in [5.41, 5.74) is 1.43. The second kappa shape index (κ2) is 5.86. The van der Waals surface area contributed by atoms with Gasteiger partial charge >= 0.3 is 0 Å². The molecule has 0 aromatic rings. The zero-order valence-electron chi connectivity index (χ0n) is 7.80. The maximum Gasteiger partial charge on any atom is 0.0619 e. The minimum Gasteiger partial charge on any atom is -0.380 e. The lowest BCUT2D eigenvalue weighted by atomic mass is 10.3. The first-order chi connectivity index (χ1) is 6.24. The maximum absolute atomic E-state index is 5.86. The van der Waals surface area contributed by atoms with Crippen LogP contribution in [0.15, 0.2) is 10.6 Å². The normalized spacial score (nSPS) is 27.3. The van der Waals surface area contributed by atoms with E-state index in [-0.39, 0.29) is 0 Å². The highest BCUT2D eigenvalue weighted by Crippen LogP contribution is 2.12. The SMILES string of the molecule is CC1COCCCN1C/C(Cl)=C/Cl. The molecule has 2 nitrogen and oxygen atoms in total. The second-order valence-electron chi connectivity index (χ2n) is 3.30. The molecule has 76 valence electrons. The fraction of sp³-hybridized carbons (Fsp3) is 0.778. The average molecular weight is 224 g/mol. The lowest BCUT2D eigenvalue weighted by Crippen LogP contribution is -2.35. The molecule has 1 aliphatic rings. The van der Waals surface area contributed by atoms with Crippen LogP contribution in [-0.2, 0) is 4.74 Å². The van der Waals surface area contributed by atoms with Crippen LogP contribution in [0.5, 0.6) is 0 Å². The Labute approximate surface area is 89.4 Å². The molecule has 0 amide bonds. The topological polar surface area (TPSA) is 12.5 Å². The summed E-state index contributed by atoms with van der Waals surface area (Å²) in [7, 11) is 0. The summed E-state index contributed by atoms with van der Waals surface area (Å²) in [6.45, 7) is 5.54. The Morgan fingerprint density at radius 3 is 3.15 bits per heavy atom. The van der Waals surface area contributed by atoms with Gasteiger partial charge in [-0.2, -0.15) is 0 Å². The number of hydrogen-bond acceptors (Lipinski definition) is 2. The van der Waals surface area contributed by atoms with Gasteiger partial charge in [0.15, 0.2) is 0 Å². The van der Waals surface area contributed by atoms with E-state index >= 15 is 0 Å². The summed E-state index contributed by atoms with van der Waals surface area (Å²) >= 11 is 11.4. The third-order valence-corrected chi connectivity index (χ3v) is 2.79. The molecule has 13 heavy (non-hydrogen) atoms. The van der Waals surface area contributed by atoms with Crippen LogP contribution in [0.25, 0.3) is 0 Å². The predicted octanol–water partition coefficient (Wildman–Crippen LogP) is 2.42. The molecule has 1 saturated heterocycles. The van der Waals surface area contributed by atoms with Crippen LogP contribution in [0.1, 0.15) is 13.3 Å². The largest absolute Gasteiger partial charge is 0.380 e. The van der Waals surface area contributed by atoms with E-state index in [4.69, 9.17) is 27.9 Å². The number of hydrogen-bond donors (Lipinski definition) is 0. The Kier molecular flexibility index (Phi) is 5.10. The lowest BCUT2D eigenvalue weighted by molar-refractivity contribution is 0.112. The van der Waals surface area contributed by atoms with Gasteiger partial charge in [0.2, 0.25) is 0 Å². The molecule has 0 saturated carbocycles. The van der Waals surface area contributed by atoms with E-state index < -0.39 is 0 Å². The molecule has 1 fully saturated rings. The Morgan fingerprint density at radius 1 is 1.69 bits per heavy atom. The van der Waals surface area contributed by atoms with E-state index in [9.17, 15) is 0 Å². The lowest BCUT2D eigenvalue weighted by Gasteiger charge is -2.25. The molecule has 0 aliphatic carbocycles. The standard InChI is InChI=1S/C9H15Cl2NO/c1-8-7-13-4-2-3-12(8)6-9(11)5-10/h5,8H,2-4,6-7H2,1H3/b9-5-. The molecule has 0 spiro atoms. The summed E-state index contributed by atoms with van der Waals surface area (Å²) < 4.78 is 5.41. The quantitative estimate of drug-likeness (QED) is 0.714. The van der Waals surface area contributed by atoms with Crippen LogP contribution in [0.3, 0.4) is 0 Å². The number of halogens is 2. The molecule has 0 bridgehead atoms. The van der Waals surface area contributed by atoms with Gasteiger partial charge in [-0.25, -0.2) is 0 Å². The molecular weight excluding hydrogens is 209 g/mol. The minimum absolute atomic E-state index is 0.424. The van der Waals surface area contributed by atoms with Crippen LogP contribution in [0.2, 0.25) is 0 Å². The van der Waals surface area contributed by atoms with Crippen molar-refractivity contribution in [3.63, 3.8) is 0 Å². The summed E-state index contributed by atoms with van der Waals surface area (Å²) in [6, 6.07) is 0.424. The summed E-state index contributed by atoms with van der Waals surface area (Å²) in [4.78, 5) is 2.29. The van der Waals surface area contributed by atoms with E-state index in [0.717, 1.165) is 32.7 Å². The van der Waals surface area contributed by atoms with Gasteiger partial charge < -0.3 is 4.74 Å². The third kappa shape index (κ3) is 3.86. The fourth-order valence-corrected chi connectivity index (χ4v) is 1.64. The number of ether oxygens (including phenoxy) is 1. The predicted molar refractivity (Wildman–Crippen MR) is 56.3 cm³/mol. The van der Waals surface area contributed by atoms with Crippen molar-refractivity contribution in [1.82, 2.24) is 4.90 Å². The minimum atomic E-state index is 0.424. The second-order valence-corrected chi connectivity index (χ2v) is 4.01. The highest BCUT2D eigenvalue weighted by Gasteiger charge is 2.17. The first-order valence-electron chi connectivity index (χ1n) is 4.50. The van der Waals surface area contributed by atoms with E-state index in [2.05, 4.69) is 11.8 Å². The summed E-state index contributed by atoms with van der Waals surface area (Å²) in [6.07, 6.45) is 1.07. The van der Waals surface area contributed by atoms with Gasteiger partial charge in [0.05, 0.1) is 6.61 Å². The summed E-state index contributed by atoms with van der Waals surface area (Å²) in [5.74, 6) is 0. The van der Waals surface area contributed by atoms with Gasteiger partial charge in [-0.15, -0.1) is 0 Å². The Bertz CT molecular complexity index is 184. The van der Waals surface area contributed by atoms with Crippen LogP contribution in [0.4, 0.5) is 0 Å². The zero-order valence-corrected chi connectivity index (χ0v) is 9.31. The summed E-state index contributed by atoms with van der Waals surface area (Å²) in [5, 5.41) is 0.690. The van der Waals surface area contributed by atoms with Gasteiger partial charge in [0.25, 0.3) is 0 Å². The van der Waals surface area contributed by atoms with Crippen molar-refractivity contribution in [2.45, 2.75) is 19.4 Å². The molecule has 1 aliphatic heterocycles. The van der Waals surface area contributed by atoms with Gasteiger partial charge in [-0.1, -0.05) is 23.2 Å². The van der Waals surface area contributed by atoms with Crippen LogP contribution < -0.4 is 0 Å². The smallest absolute Gasteiger partial charge is 0.0619 e. The Morgan fingerprint density at radius 2 is 2.46 bits per heavy atom. The van der Waals surface area contributed by atoms with Crippen LogP contribution in [-0.4, -0.2) is 37.2 Å². The highest BCUT2D eigenvalue weighted by atomic mass is 35.5. The first-order valence-corrected chi connectivity index (χ1v) is 5.32. The van der Waals surface area contributed by atoms with Gasteiger partial charge in [-0.3, -0.25) is 4.90 Å². The van der Waals surface area contributed by atoms with Crippen LogP contribution in [0, 0.1) is 0 Å². The van der Waals surface area contributed by atoms with Gasteiger partial charge in [-0.05, 0) is 13.3 Å². The third-order valence-electron chi connectivity index (χ3n) is 2.19. The van der Waals surface area contributed by atoms with E-state index in [1.54, 1.807) is 0 Å². The van der Waals surface area contributed by atoms with E-state index in [1.807, 2.05) is 0 Å². The van der Waals surface area contributed by atoms with E-state index in [1.165, 1.54) is 5.54 Å². The first kappa shape index (κ1) is 11.3. The van der Waals surface area contributed by atoms with Crippen molar-refractivity contribution in [2.75, 3.05) is 26.3 Å². The van der Waals surface area contributed by atoms with Crippen LogP contribution >= 0.6 is 23.2 Å². The molecular formula is C9H15Cl2NO. The molecule has 0 N–H and O–H groups in total. The van der Waals surface area contributed by atoms with Crippen molar-refractivity contribution < 1.29 is 4.74 Å².